The summed E-state index contributed by atoms with van der Waals surface area (Å²) in [6, 6.07) is 19.8. The van der Waals surface area contributed by atoms with Gasteiger partial charge in [-0.25, -0.2) is 4.79 Å². The van der Waals surface area contributed by atoms with Crippen LogP contribution in [0.15, 0.2) is 81.2 Å². The molecule has 0 saturated carbocycles. The lowest BCUT2D eigenvalue weighted by Gasteiger charge is -2.35. The Hall–Kier alpha value is -3.36. The van der Waals surface area contributed by atoms with Gasteiger partial charge in [0.2, 0.25) is 5.82 Å². The Balaban J connectivity index is 1.58. The molecule has 5 rings (SSSR count). The maximum Gasteiger partial charge on any atom is 0.322 e. The number of allylic oxidation sites excluding steroid dienone is 1. The molecule has 0 radical (unpaired) electrons. The Morgan fingerprint density at radius 2 is 1.85 bits per heavy atom. The molecule has 0 aliphatic carbocycles. The maximum absolute atomic E-state index is 13.3. The smallest absolute Gasteiger partial charge is 0.322 e. The third-order valence-electron chi connectivity index (χ3n) is 5.90. The van der Waals surface area contributed by atoms with Crippen molar-refractivity contribution in [2.45, 2.75) is 31.3 Å². The van der Waals surface area contributed by atoms with Crippen molar-refractivity contribution in [2.24, 2.45) is 0 Å². The number of thioether (sulfide) groups is 1. The van der Waals surface area contributed by atoms with E-state index in [1.165, 1.54) is 5.56 Å². The van der Waals surface area contributed by atoms with Gasteiger partial charge in [0.05, 0.1) is 23.0 Å². The molecule has 0 bridgehead atoms. The summed E-state index contributed by atoms with van der Waals surface area (Å²) in [6.45, 7) is 4.44. The second-order valence-corrected chi connectivity index (χ2v) is 9.95. The molecule has 2 aromatic heterocycles. The molecule has 34 heavy (non-hydrogen) atoms. The van der Waals surface area contributed by atoms with Crippen LogP contribution in [0.1, 0.15) is 35.5 Å². The average Bonchev–Trinajstić information content (AvgIpc) is 3.55. The van der Waals surface area contributed by atoms with E-state index in [-0.39, 0.29) is 6.03 Å². The van der Waals surface area contributed by atoms with Crippen LogP contribution in [0.4, 0.5) is 4.79 Å². The molecular formula is C26H24N4O2S2. The number of aromatic nitrogens is 2. The maximum atomic E-state index is 13.3. The number of thiophene rings is 1. The highest BCUT2D eigenvalue weighted by Crippen LogP contribution is 2.38. The summed E-state index contributed by atoms with van der Waals surface area (Å²) in [4.78, 5) is 21.8. The van der Waals surface area contributed by atoms with Crippen molar-refractivity contribution in [1.29, 1.82) is 0 Å². The fourth-order valence-corrected chi connectivity index (χ4v) is 5.07. The van der Waals surface area contributed by atoms with Gasteiger partial charge in [0.15, 0.2) is 0 Å². The van der Waals surface area contributed by atoms with Gasteiger partial charge in [0, 0.05) is 10.6 Å². The molecule has 2 aromatic carbocycles. The highest BCUT2D eigenvalue weighted by atomic mass is 32.2. The monoisotopic (exact) mass is 488 g/mol. The standard InChI is InChI=1S/C26H24N4O2S2/c1-16-6-8-18(9-7-16)15-30-17(2)22(25-28-24(29-32-25)21-5-4-14-34-21)23(27-26(30)31)19-10-12-20(33-3)13-11-19/h4-14,23H,15H2,1-3H3,(H,27,31). The van der Waals surface area contributed by atoms with Crippen molar-refractivity contribution >= 4 is 34.7 Å². The largest absolute Gasteiger partial charge is 0.334 e. The van der Waals surface area contributed by atoms with E-state index in [0.29, 0.717) is 18.3 Å². The van der Waals surface area contributed by atoms with Gasteiger partial charge >= 0.3 is 6.03 Å². The zero-order chi connectivity index (χ0) is 23.7. The number of nitrogens with one attached hydrogen (secondary N) is 1. The minimum atomic E-state index is -0.394. The van der Waals surface area contributed by atoms with Crippen LogP contribution in [-0.4, -0.2) is 27.3 Å². The van der Waals surface area contributed by atoms with Crippen LogP contribution in [0.25, 0.3) is 16.3 Å². The number of benzene rings is 2. The van der Waals surface area contributed by atoms with Gasteiger partial charge in [0.1, 0.15) is 0 Å². The summed E-state index contributed by atoms with van der Waals surface area (Å²) in [7, 11) is 0. The van der Waals surface area contributed by atoms with Crippen LogP contribution in [0.5, 0.6) is 0 Å². The van der Waals surface area contributed by atoms with Gasteiger partial charge in [-0.2, -0.15) is 4.98 Å². The second-order valence-electron chi connectivity index (χ2n) is 8.13. The molecule has 0 spiro atoms. The molecule has 1 atom stereocenters. The summed E-state index contributed by atoms with van der Waals surface area (Å²) in [5, 5.41) is 9.37. The van der Waals surface area contributed by atoms with Crippen LogP contribution in [0, 0.1) is 6.92 Å². The zero-order valence-electron chi connectivity index (χ0n) is 19.1. The molecule has 8 heteroatoms. The van der Waals surface area contributed by atoms with Crippen molar-refractivity contribution in [3.8, 4) is 10.7 Å². The SMILES string of the molecule is CSc1ccc(C2NC(=O)N(Cc3ccc(C)cc3)C(C)=C2c2nc(-c3cccs3)no2)cc1. The molecule has 172 valence electrons. The van der Waals surface area contributed by atoms with E-state index >= 15 is 0 Å². The second kappa shape index (κ2) is 9.48. The molecule has 1 N–H and O–H groups in total. The quantitative estimate of drug-likeness (QED) is 0.313. The van der Waals surface area contributed by atoms with Crippen LogP contribution < -0.4 is 5.32 Å². The Bertz CT molecular complexity index is 1330. The fourth-order valence-electron chi connectivity index (χ4n) is 4.01. The van der Waals surface area contributed by atoms with Crippen LogP contribution in [0.2, 0.25) is 0 Å². The average molecular weight is 489 g/mol. The molecule has 0 saturated heterocycles. The van der Waals surface area contributed by atoms with Gasteiger partial charge in [-0.05, 0) is 54.8 Å². The number of nitrogens with zero attached hydrogens (tertiary/aromatic N) is 3. The number of hydrogen-bond acceptors (Lipinski definition) is 6. The summed E-state index contributed by atoms with van der Waals surface area (Å²) in [6.07, 6.45) is 2.04. The fraction of sp³-hybridized carbons (Fsp3) is 0.192. The van der Waals surface area contributed by atoms with Crippen molar-refractivity contribution in [3.05, 3.63) is 94.3 Å². The van der Waals surface area contributed by atoms with E-state index in [9.17, 15) is 4.79 Å². The van der Waals surface area contributed by atoms with Gasteiger partial charge in [-0.1, -0.05) is 53.2 Å². The first-order valence-electron chi connectivity index (χ1n) is 10.9. The van der Waals surface area contributed by atoms with E-state index < -0.39 is 6.04 Å². The molecule has 0 fully saturated rings. The number of urea groups is 1. The number of aryl methyl sites for hydroxylation is 1. The Morgan fingerprint density at radius 3 is 2.53 bits per heavy atom. The highest BCUT2D eigenvalue weighted by Gasteiger charge is 2.35. The summed E-state index contributed by atoms with van der Waals surface area (Å²) in [5.74, 6) is 0.956. The van der Waals surface area contributed by atoms with Crippen molar-refractivity contribution in [3.63, 3.8) is 0 Å². The number of rotatable bonds is 6. The van der Waals surface area contributed by atoms with Crippen molar-refractivity contribution in [2.75, 3.05) is 6.26 Å². The first kappa shape index (κ1) is 22.4. The molecule has 6 nitrogen and oxygen atoms in total. The van der Waals surface area contributed by atoms with E-state index in [1.807, 2.05) is 61.9 Å². The predicted octanol–water partition coefficient (Wildman–Crippen LogP) is 6.53. The summed E-state index contributed by atoms with van der Waals surface area (Å²) in [5.41, 5.74) is 4.79. The molecular weight excluding hydrogens is 464 g/mol. The zero-order valence-corrected chi connectivity index (χ0v) is 20.7. The van der Waals surface area contributed by atoms with Gasteiger partial charge < -0.3 is 9.84 Å². The minimum Gasteiger partial charge on any atom is -0.334 e. The first-order valence-corrected chi connectivity index (χ1v) is 13.0. The normalized spacial score (nSPS) is 16.1. The molecule has 1 aliphatic heterocycles. The Kier molecular flexibility index (Phi) is 6.26. The third kappa shape index (κ3) is 4.38. The summed E-state index contributed by atoms with van der Waals surface area (Å²) < 4.78 is 5.75. The Morgan fingerprint density at radius 1 is 1.09 bits per heavy atom. The van der Waals surface area contributed by atoms with Gasteiger partial charge in [0.25, 0.3) is 5.89 Å². The van der Waals surface area contributed by atoms with Crippen LogP contribution in [-0.2, 0) is 6.54 Å². The van der Waals surface area contributed by atoms with Crippen LogP contribution >= 0.6 is 23.1 Å². The van der Waals surface area contributed by atoms with Gasteiger partial charge in [-0.15, -0.1) is 23.1 Å². The lowest BCUT2D eigenvalue weighted by atomic mass is 9.94. The molecule has 4 aromatic rings. The topological polar surface area (TPSA) is 71.3 Å². The predicted molar refractivity (Wildman–Crippen MR) is 136 cm³/mol. The molecule has 1 unspecified atom stereocenters. The van der Waals surface area contributed by atoms with E-state index in [1.54, 1.807) is 28.0 Å². The molecule has 2 amide bonds. The lowest BCUT2D eigenvalue weighted by Crippen LogP contribution is -2.45. The first-order chi connectivity index (χ1) is 16.5. The number of carbonyl (C=O) groups excluding carboxylic acids is 1. The minimum absolute atomic E-state index is 0.154. The number of carbonyl (C=O) groups is 1. The third-order valence-corrected chi connectivity index (χ3v) is 7.51. The van der Waals surface area contributed by atoms with Crippen molar-refractivity contribution in [1.82, 2.24) is 20.4 Å². The van der Waals surface area contributed by atoms with Crippen molar-refractivity contribution < 1.29 is 9.32 Å². The molecule has 1 aliphatic rings. The van der Waals surface area contributed by atoms with E-state index in [0.717, 1.165) is 32.2 Å². The number of hydrogen-bond donors (Lipinski definition) is 1. The highest BCUT2D eigenvalue weighted by molar-refractivity contribution is 7.98. The Labute approximate surface area is 206 Å². The van der Waals surface area contributed by atoms with Gasteiger partial charge in [-0.3, -0.25) is 4.90 Å². The molecule has 3 heterocycles. The lowest BCUT2D eigenvalue weighted by molar-refractivity contribution is 0.203. The number of amides is 2. The van der Waals surface area contributed by atoms with E-state index in [4.69, 9.17) is 9.51 Å². The van der Waals surface area contributed by atoms with E-state index in [2.05, 4.69) is 34.7 Å². The summed E-state index contributed by atoms with van der Waals surface area (Å²) >= 11 is 3.24. The van der Waals surface area contributed by atoms with Crippen LogP contribution in [0.3, 0.4) is 0 Å².